The van der Waals surface area contributed by atoms with Gasteiger partial charge in [0.25, 0.3) is 0 Å². The molecule has 6 aromatic rings. The van der Waals surface area contributed by atoms with Crippen molar-refractivity contribution in [2.24, 2.45) is 14.1 Å². The Bertz CT molecular complexity index is 1730. The molecule has 5 heterocycles. The van der Waals surface area contributed by atoms with Crippen LogP contribution < -0.4 is 5.32 Å². The fourth-order valence-electron chi connectivity index (χ4n) is 3.93. The van der Waals surface area contributed by atoms with E-state index in [0.29, 0.717) is 39.9 Å². The first kappa shape index (κ1) is 21.5. The molecule has 0 saturated heterocycles. The van der Waals surface area contributed by atoms with Crippen molar-refractivity contribution in [2.45, 2.75) is 0 Å². The fraction of sp³-hybridized carbons (Fsp3) is 0.0833. The van der Waals surface area contributed by atoms with Crippen molar-refractivity contribution in [1.29, 1.82) is 0 Å². The van der Waals surface area contributed by atoms with E-state index in [4.69, 9.17) is 0 Å². The van der Waals surface area contributed by atoms with Crippen LogP contribution in [0.4, 0.5) is 20.5 Å². The van der Waals surface area contributed by atoms with Crippen molar-refractivity contribution in [3.05, 3.63) is 78.9 Å². The van der Waals surface area contributed by atoms with Crippen molar-refractivity contribution in [3.63, 3.8) is 0 Å². The number of aromatic nitrogens is 9. The maximum Gasteiger partial charge on any atom is 0.228 e. The Labute approximate surface area is 202 Å². The van der Waals surface area contributed by atoms with Gasteiger partial charge in [0, 0.05) is 49.9 Å². The van der Waals surface area contributed by atoms with Crippen LogP contribution in [0.2, 0.25) is 0 Å². The summed E-state index contributed by atoms with van der Waals surface area (Å²) in [4.78, 5) is 8.89. The summed E-state index contributed by atoms with van der Waals surface area (Å²) in [5.74, 6) is -0.143. The largest absolute Gasteiger partial charge is 0.309 e. The maximum absolute atomic E-state index is 13.9. The Hall–Kier alpha value is -5.00. The summed E-state index contributed by atoms with van der Waals surface area (Å²) >= 11 is 0. The molecule has 0 spiro atoms. The Morgan fingerprint density at radius 2 is 1.78 bits per heavy atom. The third-order valence-electron chi connectivity index (χ3n) is 5.68. The van der Waals surface area contributed by atoms with Crippen LogP contribution in [0.5, 0.6) is 0 Å². The van der Waals surface area contributed by atoms with Gasteiger partial charge in [-0.3, -0.25) is 13.8 Å². The lowest BCUT2D eigenvalue weighted by molar-refractivity contribution is 0.509. The lowest BCUT2D eigenvalue weighted by Gasteiger charge is -2.07. The highest BCUT2D eigenvalue weighted by molar-refractivity contribution is 5.78. The second kappa shape index (κ2) is 8.34. The summed E-state index contributed by atoms with van der Waals surface area (Å²) in [6, 6.07) is 11.1. The number of hydrogen-bond donors (Lipinski definition) is 1. The normalized spacial score (nSPS) is 11.3. The van der Waals surface area contributed by atoms with E-state index >= 15 is 0 Å². The zero-order chi connectivity index (χ0) is 24.8. The average Bonchev–Trinajstić information content (AvgIpc) is 3.59. The summed E-state index contributed by atoms with van der Waals surface area (Å²) in [6.07, 6.45) is 6.95. The van der Waals surface area contributed by atoms with Gasteiger partial charge in [-0.2, -0.15) is 10.2 Å². The van der Waals surface area contributed by atoms with Gasteiger partial charge in [-0.1, -0.05) is 0 Å². The molecule has 0 unspecified atom stereocenters. The third-order valence-corrected chi connectivity index (χ3v) is 5.68. The Morgan fingerprint density at radius 1 is 0.889 bits per heavy atom. The first-order chi connectivity index (χ1) is 17.5. The molecule has 5 aromatic heterocycles. The summed E-state index contributed by atoms with van der Waals surface area (Å²) in [7, 11) is 3.57. The fourth-order valence-corrected chi connectivity index (χ4v) is 3.93. The molecule has 0 aliphatic heterocycles. The number of fused-ring (bicyclic) bond motifs is 1. The van der Waals surface area contributed by atoms with Crippen LogP contribution in [-0.2, 0) is 14.1 Å². The van der Waals surface area contributed by atoms with Crippen LogP contribution in [0, 0.1) is 11.6 Å². The lowest BCUT2D eigenvalue weighted by atomic mass is 10.1. The molecular weight excluding hydrogens is 466 g/mol. The van der Waals surface area contributed by atoms with E-state index in [1.54, 1.807) is 45.5 Å². The Balaban J connectivity index is 1.37. The molecule has 0 bridgehead atoms. The molecule has 178 valence electrons. The van der Waals surface area contributed by atoms with Gasteiger partial charge >= 0.3 is 0 Å². The first-order valence-electron chi connectivity index (χ1n) is 10.9. The topological polar surface area (TPSA) is 104 Å². The van der Waals surface area contributed by atoms with Crippen molar-refractivity contribution in [2.75, 3.05) is 5.32 Å². The molecule has 6 rings (SSSR count). The number of aryl methyl sites for hydroxylation is 2. The van der Waals surface area contributed by atoms with Crippen LogP contribution in [0.1, 0.15) is 0 Å². The highest BCUT2D eigenvalue weighted by atomic mass is 19.2. The highest BCUT2D eigenvalue weighted by Gasteiger charge is 2.19. The van der Waals surface area contributed by atoms with E-state index in [-0.39, 0.29) is 0 Å². The van der Waals surface area contributed by atoms with Crippen LogP contribution in [0.3, 0.4) is 0 Å². The molecule has 12 heteroatoms. The van der Waals surface area contributed by atoms with E-state index in [1.165, 1.54) is 6.07 Å². The minimum absolute atomic E-state index is 0.435. The lowest BCUT2D eigenvalue weighted by Crippen LogP contribution is -2.03. The second-order valence-corrected chi connectivity index (χ2v) is 8.09. The first-order valence-corrected chi connectivity index (χ1v) is 10.9. The quantitative estimate of drug-likeness (QED) is 0.394. The second-order valence-electron chi connectivity index (χ2n) is 8.09. The van der Waals surface area contributed by atoms with Gasteiger partial charge in [0.1, 0.15) is 11.5 Å². The smallest absolute Gasteiger partial charge is 0.228 e. The summed E-state index contributed by atoms with van der Waals surface area (Å²) in [6.45, 7) is 0. The standard InChI is InChI=1S/C24H18F2N10/c1-34-13-16(22(33-34)15-3-4-17(25)18(26)11-15)23-32-31-21-12-14(7-10-36(21)23)19-5-8-27-24(29-19)30-20-6-9-28-35(20)2/h3-13H,1-2H3,(H,27,29,30). The van der Waals surface area contributed by atoms with Crippen LogP contribution >= 0.6 is 0 Å². The molecule has 0 aliphatic rings. The van der Waals surface area contributed by atoms with E-state index < -0.39 is 11.6 Å². The van der Waals surface area contributed by atoms with Crippen molar-refractivity contribution in [3.8, 4) is 33.9 Å². The zero-order valence-electron chi connectivity index (χ0n) is 19.1. The minimum atomic E-state index is -0.943. The zero-order valence-corrected chi connectivity index (χ0v) is 19.1. The van der Waals surface area contributed by atoms with Gasteiger partial charge < -0.3 is 5.32 Å². The molecular formula is C24H18F2N10. The number of nitrogens with one attached hydrogen (secondary N) is 1. The molecule has 1 N–H and O–H groups in total. The van der Waals surface area contributed by atoms with E-state index in [9.17, 15) is 8.78 Å². The average molecular weight is 484 g/mol. The van der Waals surface area contributed by atoms with Crippen LogP contribution in [0.15, 0.2) is 67.3 Å². The SMILES string of the molecule is Cn1cc(-c2nnc3cc(-c4ccnc(Nc5ccnn5C)n4)ccn23)c(-c2ccc(F)c(F)c2)n1. The molecule has 0 fully saturated rings. The number of halogens is 2. The molecule has 0 aliphatic carbocycles. The monoisotopic (exact) mass is 484 g/mol. The van der Waals surface area contributed by atoms with Crippen LogP contribution in [-0.4, -0.2) is 44.1 Å². The van der Waals surface area contributed by atoms with Crippen molar-refractivity contribution < 1.29 is 8.78 Å². The number of hydrogen-bond acceptors (Lipinski definition) is 7. The van der Waals surface area contributed by atoms with Gasteiger partial charge in [0.2, 0.25) is 5.95 Å². The molecule has 0 atom stereocenters. The number of pyridine rings is 1. The van der Waals surface area contributed by atoms with Gasteiger partial charge in [-0.25, -0.2) is 18.7 Å². The van der Waals surface area contributed by atoms with Gasteiger partial charge in [-0.15, -0.1) is 10.2 Å². The van der Waals surface area contributed by atoms with Crippen LogP contribution in [0.25, 0.3) is 39.5 Å². The molecule has 36 heavy (non-hydrogen) atoms. The number of rotatable bonds is 5. The molecule has 1 aromatic carbocycles. The summed E-state index contributed by atoms with van der Waals surface area (Å²) < 4.78 is 32.5. The highest BCUT2D eigenvalue weighted by Crippen LogP contribution is 2.31. The molecule has 10 nitrogen and oxygen atoms in total. The van der Waals surface area contributed by atoms with Crippen molar-refractivity contribution >= 4 is 17.4 Å². The third kappa shape index (κ3) is 3.74. The van der Waals surface area contributed by atoms with Gasteiger partial charge in [0.15, 0.2) is 23.1 Å². The molecule has 0 radical (unpaired) electrons. The predicted molar refractivity (Wildman–Crippen MR) is 128 cm³/mol. The molecule has 0 amide bonds. The van der Waals surface area contributed by atoms with Gasteiger partial charge in [0.05, 0.1) is 17.5 Å². The van der Waals surface area contributed by atoms with E-state index in [2.05, 4.69) is 35.7 Å². The number of nitrogens with zero attached hydrogens (tertiary/aromatic N) is 9. The number of benzene rings is 1. The maximum atomic E-state index is 13.9. The Morgan fingerprint density at radius 3 is 2.58 bits per heavy atom. The van der Waals surface area contributed by atoms with Crippen molar-refractivity contribution in [1.82, 2.24) is 44.1 Å². The van der Waals surface area contributed by atoms with Gasteiger partial charge in [-0.05, 0) is 36.4 Å². The molecule has 0 saturated carbocycles. The summed E-state index contributed by atoms with van der Waals surface area (Å²) in [5, 5.41) is 20.4. The minimum Gasteiger partial charge on any atom is -0.309 e. The number of anilines is 2. The Kier molecular flexibility index (Phi) is 4.99. The van der Waals surface area contributed by atoms with E-state index in [0.717, 1.165) is 23.5 Å². The predicted octanol–water partition coefficient (Wildman–Crippen LogP) is 4.01. The summed E-state index contributed by atoms with van der Waals surface area (Å²) in [5.41, 5.74) is 3.65. The van der Waals surface area contributed by atoms with E-state index in [1.807, 2.05) is 31.4 Å².